The van der Waals surface area contributed by atoms with Gasteiger partial charge in [0.05, 0.1) is 16.0 Å². The fourth-order valence-corrected chi connectivity index (χ4v) is 4.56. The lowest BCUT2D eigenvalue weighted by atomic mass is 10.2. The number of hydrogen-bond acceptors (Lipinski definition) is 4. The van der Waals surface area contributed by atoms with E-state index in [2.05, 4.69) is 22.2 Å². The van der Waals surface area contributed by atoms with Crippen molar-refractivity contribution in [2.75, 3.05) is 5.75 Å². The summed E-state index contributed by atoms with van der Waals surface area (Å²) in [5, 5.41) is 0. The number of aryl methyl sites for hydroxylation is 1. The highest BCUT2D eigenvalue weighted by Gasteiger charge is 2.16. The summed E-state index contributed by atoms with van der Waals surface area (Å²) < 4.78 is 4.22. The number of carbonyl (C=O) groups excluding carboxylic acids is 1. The van der Waals surface area contributed by atoms with E-state index in [1.54, 1.807) is 11.3 Å². The van der Waals surface area contributed by atoms with E-state index in [1.807, 2.05) is 44.2 Å². The Morgan fingerprint density at radius 3 is 2.91 bits per heavy atom. The summed E-state index contributed by atoms with van der Waals surface area (Å²) >= 11 is 3.15. The van der Waals surface area contributed by atoms with Gasteiger partial charge in [-0.05, 0) is 32.0 Å². The number of nitrogens with zero attached hydrogens (tertiary/aromatic N) is 2. The van der Waals surface area contributed by atoms with Gasteiger partial charge >= 0.3 is 0 Å². The Balaban J connectivity index is 1.74. The molecule has 0 N–H and O–H groups in total. The van der Waals surface area contributed by atoms with Gasteiger partial charge in [0.15, 0.2) is 10.1 Å². The number of thioether (sulfide) groups is 1. The lowest BCUT2D eigenvalue weighted by molar-refractivity contribution is 0.102. The average molecular weight is 342 g/mol. The van der Waals surface area contributed by atoms with E-state index in [-0.39, 0.29) is 5.78 Å². The van der Waals surface area contributed by atoms with Crippen LogP contribution < -0.4 is 0 Å². The van der Waals surface area contributed by atoms with Crippen molar-refractivity contribution in [3.63, 3.8) is 0 Å². The molecular formula is C18H18N2OS2. The summed E-state index contributed by atoms with van der Waals surface area (Å²) in [7, 11) is 0. The van der Waals surface area contributed by atoms with E-state index in [0.717, 1.165) is 38.1 Å². The number of rotatable bonds is 6. The van der Waals surface area contributed by atoms with E-state index in [1.165, 1.54) is 11.8 Å². The third-order valence-corrected chi connectivity index (χ3v) is 5.97. The van der Waals surface area contributed by atoms with Crippen molar-refractivity contribution < 1.29 is 4.79 Å². The minimum Gasteiger partial charge on any atom is -0.345 e. The van der Waals surface area contributed by atoms with Crippen LogP contribution >= 0.6 is 23.1 Å². The Bertz CT molecular complexity index is 843. The van der Waals surface area contributed by atoms with Crippen LogP contribution in [0.15, 0.2) is 47.3 Å². The molecule has 0 aliphatic carbocycles. The van der Waals surface area contributed by atoms with Gasteiger partial charge in [0.2, 0.25) is 0 Å². The number of aromatic nitrogens is 2. The van der Waals surface area contributed by atoms with Crippen molar-refractivity contribution in [3.8, 4) is 0 Å². The van der Waals surface area contributed by atoms with Gasteiger partial charge in [0, 0.05) is 23.5 Å². The number of allylic oxidation sites excluding steroid dienone is 1. The second-order valence-corrected chi connectivity index (χ2v) is 7.60. The second-order valence-electron chi connectivity index (χ2n) is 5.34. The molecule has 0 bridgehead atoms. The zero-order chi connectivity index (χ0) is 16.4. The monoisotopic (exact) mass is 342 g/mol. The first-order valence-corrected chi connectivity index (χ1v) is 9.19. The topological polar surface area (TPSA) is 34.9 Å². The lowest BCUT2D eigenvalue weighted by Gasteiger charge is -2.05. The third kappa shape index (κ3) is 3.26. The highest BCUT2D eigenvalue weighted by Crippen LogP contribution is 2.30. The number of ketones is 1. The maximum Gasteiger partial charge on any atom is 0.174 e. The maximum absolute atomic E-state index is 12.5. The number of benzene rings is 1. The van der Waals surface area contributed by atoms with Crippen LogP contribution in [0.5, 0.6) is 0 Å². The first-order valence-electron chi connectivity index (χ1n) is 7.39. The molecule has 0 spiro atoms. The molecule has 0 amide bonds. The summed E-state index contributed by atoms with van der Waals surface area (Å²) in [6.45, 7) is 8.52. The van der Waals surface area contributed by atoms with Gasteiger partial charge in [0.25, 0.3) is 0 Å². The standard InChI is InChI=1S/C18H18N2OS2/c1-4-9-20-12(2)10-14(13(20)3)16(21)11-22-18-19-15-7-5-6-8-17(15)23-18/h4-8,10H,1,9,11H2,2-3H3. The normalized spacial score (nSPS) is 11.0. The minimum absolute atomic E-state index is 0.151. The zero-order valence-electron chi connectivity index (χ0n) is 13.2. The Hall–Kier alpha value is -1.85. The number of thiazole rings is 1. The van der Waals surface area contributed by atoms with Crippen LogP contribution in [0.25, 0.3) is 10.2 Å². The molecule has 0 saturated carbocycles. The number of fused-ring (bicyclic) bond motifs is 1. The van der Waals surface area contributed by atoms with Crippen LogP contribution in [-0.2, 0) is 6.54 Å². The number of para-hydroxylation sites is 1. The molecule has 3 nitrogen and oxygen atoms in total. The zero-order valence-corrected chi connectivity index (χ0v) is 14.8. The molecule has 2 heterocycles. The second kappa shape index (κ2) is 6.72. The SMILES string of the molecule is C=CCn1c(C)cc(C(=O)CSc2nc3ccccc3s2)c1C. The van der Waals surface area contributed by atoms with Gasteiger partial charge in [-0.15, -0.1) is 17.9 Å². The van der Waals surface area contributed by atoms with Crippen LogP contribution in [-0.4, -0.2) is 21.1 Å². The smallest absolute Gasteiger partial charge is 0.174 e. The molecule has 0 atom stereocenters. The van der Waals surface area contributed by atoms with Crippen molar-refractivity contribution in [2.24, 2.45) is 0 Å². The molecule has 23 heavy (non-hydrogen) atoms. The highest BCUT2D eigenvalue weighted by atomic mass is 32.2. The van der Waals surface area contributed by atoms with Gasteiger partial charge in [-0.25, -0.2) is 4.98 Å². The molecule has 3 rings (SSSR count). The van der Waals surface area contributed by atoms with Crippen LogP contribution in [0.1, 0.15) is 21.7 Å². The average Bonchev–Trinajstić information content (AvgIpc) is 3.08. The van der Waals surface area contributed by atoms with Crippen molar-refractivity contribution in [3.05, 3.63) is 59.9 Å². The molecule has 5 heteroatoms. The fourth-order valence-electron chi connectivity index (χ4n) is 2.61. The van der Waals surface area contributed by atoms with E-state index in [0.29, 0.717) is 5.75 Å². The first-order chi connectivity index (χ1) is 11.1. The highest BCUT2D eigenvalue weighted by molar-refractivity contribution is 8.01. The fraction of sp³-hybridized carbons (Fsp3) is 0.222. The van der Waals surface area contributed by atoms with Crippen LogP contribution in [0.2, 0.25) is 0 Å². The molecule has 0 saturated heterocycles. The van der Waals surface area contributed by atoms with E-state index < -0.39 is 0 Å². The summed E-state index contributed by atoms with van der Waals surface area (Å²) in [5.41, 5.74) is 3.91. The quantitative estimate of drug-likeness (QED) is 0.364. The summed E-state index contributed by atoms with van der Waals surface area (Å²) in [5.74, 6) is 0.566. The van der Waals surface area contributed by atoms with Gasteiger partial charge in [-0.3, -0.25) is 4.79 Å². The van der Waals surface area contributed by atoms with Crippen molar-refractivity contribution in [1.82, 2.24) is 9.55 Å². The number of hydrogen-bond donors (Lipinski definition) is 0. The summed E-state index contributed by atoms with van der Waals surface area (Å²) in [6, 6.07) is 10.0. The Kier molecular flexibility index (Phi) is 4.68. The predicted molar refractivity (Wildman–Crippen MR) is 98.8 cm³/mol. The van der Waals surface area contributed by atoms with Crippen LogP contribution in [0.4, 0.5) is 0 Å². The van der Waals surface area contributed by atoms with Gasteiger partial charge < -0.3 is 4.57 Å². The lowest BCUT2D eigenvalue weighted by Crippen LogP contribution is -2.06. The molecule has 0 aliphatic rings. The summed E-state index contributed by atoms with van der Waals surface area (Å²) in [4.78, 5) is 17.1. The van der Waals surface area contributed by atoms with Gasteiger partial charge in [0.1, 0.15) is 0 Å². The molecular weight excluding hydrogens is 324 g/mol. The first kappa shape index (κ1) is 16.0. The van der Waals surface area contributed by atoms with E-state index >= 15 is 0 Å². The largest absolute Gasteiger partial charge is 0.345 e. The summed E-state index contributed by atoms with van der Waals surface area (Å²) in [6.07, 6.45) is 1.85. The molecule has 0 aliphatic heterocycles. The van der Waals surface area contributed by atoms with E-state index in [4.69, 9.17) is 0 Å². The van der Waals surface area contributed by atoms with Crippen molar-refractivity contribution >= 4 is 39.1 Å². The third-order valence-electron chi connectivity index (χ3n) is 3.79. The van der Waals surface area contributed by atoms with Crippen molar-refractivity contribution in [1.29, 1.82) is 0 Å². The van der Waals surface area contributed by atoms with Gasteiger partial charge in [-0.1, -0.05) is 30.0 Å². The molecule has 0 radical (unpaired) electrons. The Morgan fingerprint density at radius 1 is 1.39 bits per heavy atom. The molecule has 0 unspecified atom stereocenters. The molecule has 118 valence electrons. The number of Topliss-reactive ketones (excluding diaryl/α,β-unsaturated/α-hetero) is 1. The predicted octanol–water partition coefficient (Wildman–Crippen LogP) is 4.88. The Morgan fingerprint density at radius 2 is 2.17 bits per heavy atom. The Labute approximate surface area is 144 Å². The van der Waals surface area contributed by atoms with Crippen LogP contribution in [0, 0.1) is 13.8 Å². The number of carbonyl (C=O) groups is 1. The van der Waals surface area contributed by atoms with E-state index in [9.17, 15) is 4.79 Å². The van der Waals surface area contributed by atoms with Gasteiger partial charge in [-0.2, -0.15) is 0 Å². The molecule has 2 aromatic heterocycles. The molecule has 3 aromatic rings. The minimum atomic E-state index is 0.151. The maximum atomic E-state index is 12.5. The van der Waals surface area contributed by atoms with Crippen molar-refractivity contribution in [2.45, 2.75) is 24.7 Å². The molecule has 1 aromatic carbocycles. The molecule has 0 fully saturated rings. The van der Waals surface area contributed by atoms with Crippen LogP contribution in [0.3, 0.4) is 0 Å².